The molecule has 24 heavy (non-hydrogen) atoms. The van der Waals surface area contributed by atoms with Gasteiger partial charge in [-0.05, 0) is 73.7 Å². The zero-order chi connectivity index (χ0) is 16.6. The molecule has 1 amide bonds. The summed E-state index contributed by atoms with van der Waals surface area (Å²) < 4.78 is 0. The van der Waals surface area contributed by atoms with E-state index in [0.717, 1.165) is 18.9 Å². The van der Waals surface area contributed by atoms with Crippen LogP contribution < -0.4 is 5.48 Å². The van der Waals surface area contributed by atoms with Crippen molar-refractivity contribution in [2.24, 2.45) is 5.41 Å². The van der Waals surface area contributed by atoms with Crippen LogP contribution in [0.25, 0.3) is 0 Å². The number of carbonyl (C=O) groups excluding carboxylic acids is 1. The third-order valence-corrected chi connectivity index (χ3v) is 6.62. The van der Waals surface area contributed by atoms with Gasteiger partial charge >= 0.3 is 0 Å². The number of nitrogens with zero attached hydrogens (tertiary/aromatic N) is 1. The molecule has 130 valence electrons. The van der Waals surface area contributed by atoms with Gasteiger partial charge in [-0.25, -0.2) is 5.48 Å². The van der Waals surface area contributed by atoms with E-state index < -0.39 is 5.91 Å². The Kier molecular flexibility index (Phi) is 4.35. The Morgan fingerprint density at radius 1 is 1.17 bits per heavy atom. The predicted molar refractivity (Wildman–Crippen MR) is 93.2 cm³/mol. The largest absolute Gasteiger partial charge is 0.300 e. The van der Waals surface area contributed by atoms with E-state index >= 15 is 0 Å². The highest BCUT2D eigenvalue weighted by Gasteiger charge is 2.42. The maximum Gasteiger partial charge on any atom is 0.274 e. The number of hydrogen-bond acceptors (Lipinski definition) is 3. The molecule has 1 aromatic carbocycles. The Morgan fingerprint density at radius 3 is 2.79 bits per heavy atom. The van der Waals surface area contributed by atoms with Crippen molar-refractivity contribution in [1.29, 1.82) is 0 Å². The lowest BCUT2D eigenvalue weighted by atomic mass is 9.70. The number of amides is 1. The maximum atomic E-state index is 11.7. The number of hydroxylamine groups is 1. The molecule has 0 aromatic heterocycles. The molecule has 1 saturated carbocycles. The van der Waals surface area contributed by atoms with Gasteiger partial charge in [0.15, 0.2) is 0 Å². The summed E-state index contributed by atoms with van der Waals surface area (Å²) in [6.07, 6.45) is 11.7. The van der Waals surface area contributed by atoms with Crippen LogP contribution in [-0.2, 0) is 12.8 Å². The molecule has 2 fully saturated rings. The summed E-state index contributed by atoms with van der Waals surface area (Å²) in [7, 11) is 0. The lowest BCUT2D eigenvalue weighted by Crippen LogP contribution is -2.38. The summed E-state index contributed by atoms with van der Waals surface area (Å²) in [5.74, 6) is -0.410. The van der Waals surface area contributed by atoms with Crippen molar-refractivity contribution in [1.82, 2.24) is 10.4 Å². The molecule has 0 radical (unpaired) electrons. The van der Waals surface area contributed by atoms with Crippen LogP contribution in [0.5, 0.6) is 0 Å². The minimum atomic E-state index is -0.410. The molecule has 1 aromatic rings. The average molecular weight is 328 g/mol. The van der Waals surface area contributed by atoms with Gasteiger partial charge in [-0.3, -0.25) is 14.9 Å². The van der Waals surface area contributed by atoms with Crippen LogP contribution in [0.2, 0.25) is 0 Å². The number of hydrogen-bond donors (Lipinski definition) is 2. The van der Waals surface area contributed by atoms with Crippen molar-refractivity contribution in [3.05, 3.63) is 34.9 Å². The summed E-state index contributed by atoms with van der Waals surface area (Å²) in [6, 6.07) is 6.70. The monoisotopic (exact) mass is 328 g/mol. The van der Waals surface area contributed by atoms with Gasteiger partial charge in [0, 0.05) is 18.2 Å². The summed E-state index contributed by atoms with van der Waals surface area (Å²) in [6.45, 7) is 2.48. The van der Waals surface area contributed by atoms with Crippen molar-refractivity contribution in [2.75, 3.05) is 13.1 Å². The van der Waals surface area contributed by atoms with E-state index in [4.69, 9.17) is 5.21 Å². The van der Waals surface area contributed by atoms with Crippen LogP contribution in [0.15, 0.2) is 18.2 Å². The predicted octanol–water partition coefficient (Wildman–Crippen LogP) is 3.32. The SMILES string of the molecule is O=C(NO)c1ccc2c(c1)CC1(CC2)CCN(C2CCCCC2)C1. The molecule has 1 spiro atoms. The lowest BCUT2D eigenvalue weighted by Gasteiger charge is -2.37. The molecule has 4 nitrogen and oxygen atoms in total. The van der Waals surface area contributed by atoms with Gasteiger partial charge in [0.25, 0.3) is 5.91 Å². The molecule has 1 heterocycles. The Labute approximate surface area is 144 Å². The topological polar surface area (TPSA) is 52.6 Å². The van der Waals surface area contributed by atoms with Crippen LogP contribution >= 0.6 is 0 Å². The zero-order valence-electron chi connectivity index (χ0n) is 14.4. The van der Waals surface area contributed by atoms with Gasteiger partial charge in [-0.1, -0.05) is 25.3 Å². The summed E-state index contributed by atoms with van der Waals surface area (Å²) in [4.78, 5) is 14.5. The first-order valence-corrected chi connectivity index (χ1v) is 9.49. The van der Waals surface area contributed by atoms with Crippen LogP contribution in [0.3, 0.4) is 0 Å². The van der Waals surface area contributed by atoms with E-state index in [1.165, 1.54) is 69.2 Å². The molecule has 2 aliphatic carbocycles. The molecular formula is C20H28N2O2. The molecule has 1 atom stereocenters. The fourth-order valence-electron chi connectivity index (χ4n) is 5.21. The van der Waals surface area contributed by atoms with Gasteiger partial charge in [-0.2, -0.15) is 0 Å². The van der Waals surface area contributed by atoms with E-state index in [1.54, 1.807) is 5.48 Å². The molecule has 1 unspecified atom stereocenters. The van der Waals surface area contributed by atoms with Crippen LogP contribution in [0.1, 0.15) is 66.4 Å². The summed E-state index contributed by atoms with van der Waals surface area (Å²) in [5, 5.41) is 8.87. The maximum absolute atomic E-state index is 11.7. The van der Waals surface area contributed by atoms with E-state index in [1.807, 2.05) is 12.1 Å². The molecule has 1 saturated heterocycles. The number of benzene rings is 1. The second-order valence-electron chi connectivity index (χ2n) is 8.11. The van der Waals surface area contributed by atoms with Crippen molar-refractivity contribution >= 4 is 5.91 Å². The Bertz CT molecular complexity index is 624. The quantitative estimate of drug-likeness (QED) is 0.647. The number of aryl methyl sites for hydroxylation is 1. The lowest BCUT2D eigenvalue weighted by molar-refractivity contribution is 0.0706. The van der Waals surface area contributed by atoms with Crippen LogP contribution in [0.4, 0.5) is 0 Å². The number of likely N-dealkylation sites (tertiary alicyclic amines) is 1. The highest BCUT2D eigenvalue weighted by atomic mass is 16.5. The number of fused-ring (bicyclic) bond motifs is 1. The molecular weight excluding hydrogens is 300 g/mol. The van der Waals surface area contributed by atoms with Crippen molar-refractivity contribution in [2.45, 2.75) is 63.8 Å². The summed E-state index contributed by atoms with van der Waals surface area (Å²) >= 11 is 0. The van der Waals surface area contributed by atoms with Gasteiger partial charge < -0.3 is 0 Å². The zero-order valence-corrected chi connectivity index (χ0v) is 14.4. The van der Waals surface area contributed by atoms with Gasteiger partial charge in [-0.15, -0.1) is 0 Å². The second-order valence-corrected chi connectivity index (χ2v) is 8.11. The highest BCUT2D eigenvalue weighted by Crippen LogP contribution is 2.44. The summed E-state index contributed by atoms with van der Waals surface area (Å²) in [5.41, 5.74) is 5.41. The molecule has 3 aliphatic rings. The van der Waals surface area contributed by atoms with Crippen molar-refractivity contribution in [3.63, 3.8) is 0 Å². The number of rotatable bonds is 2. The van der Waals surface area contributed by atoms with E-state index in [9.17, 15) is 4.79 Å². The third-order valence-electron chi connectivity index (χ3n) is 6.62. The van der Waals surface area contributed by atoms with Gasteiger partial charge in [0.2, 0.25) is 0 Å². The normalized spacial score (nSPS) is 28.0. The molecule has 4 rings (SSSR count). The molecule has 1 aliphatic heterocycles. The Hall–Kier alpha value is -1.39. The molecule has 4 heteroatoms. The van der Waals surface area contributed by atoms with Crippen LogP contribution in [0, 0.1) is 5.41 Å². The fraction of sp³-hybridized carbons (Fsp3) is 0.650. The average Bonchev–Trinajstić information content (AvgIpc) is 3.04. The smallest absolute Gasteiger partial charge is 0.274 e. The van der Waals surface area contributed by atoms with Gasteiger partial charge in [0.1, 0.15) is 0 Å². The molecule has 0 bridgehead atoms. The first kappa shape index (κ1) is 16.1. The van der Waals surface area contributed by atoms with E-state index in [2.05, 4.69) is 11.0 Å². The number of carbonyl (C=O) groups is 1. The van der Waals surface area contributed by atoms with E-state index in [-0.39, 0.29) is 0 Å². The fourth-order valence-corrected chi connectivity index (χ4v) is 5.21. The van der Waals surface area contributed by atoms with Crippen LogP contribution in [-0.4, -0.2) is 35.1 Å². The molecule has 2 N–H and O–H groups in total. The van der Waals surface area contributed by atoms with Gasteiger partial charge in [0.05, 0.1) is 0 Å². The second kappa shape index (κ2) is 6.49. The minimum absolute atomic E-state index is 0.402. The standard InChI is InChI=1S/C20H28N2O2/c23-19(21-24)16-7-6-15-8-9-20(13-17(15)12-16)10-11-22(14-20)18-4-2-1-3-5-18/h6-7,12,18,24H,1-5,8-11,13-14H2,(H,21,23). The van der Waals surface area contributed by atoms with E-state index in [0.29, 0.717) is 11.0 Å². The van der Waals surface area contributed by atoms with Crippen molar-refractivity contribution < 1.29 is 10.0 Å². The third kappa shape index (κ3) is 2.98. The Morgan fingerprint density at radius 2 is 2.00 bits per heavy atom. The highest BCUT2D eigenvalue weighted by molar-refractivity contribution is 5.93. The minimum Gasteiger partial charge on any atom is -0.300 e. The first-order chi connectivity index (χ1) is 11.7. The number of nitrogens with one attached hydrogen (secondary N) is 1. The first-order valence-electron chi connectivity index (χ1n) is 9.49. The van der Waals surface area contributed by atoms with Crippen molar-refractivity contribution in [3.8, 4) is 0 Å². The Balaban J connectivity index is 1.50.